The fourth-order valence-corrected chi connectivity index (χ4v) is 3.13. The summed E-state index contributed by atoms with van der Waals surface area (Å²) in [4.78, 5) is 16.8. The second kappa shape index (κ2) is 6.35. The van der Waals surface area contributed by atoms with E-state index in [1.165, 1.54) is 16.8 Å². The van der Waals surface area contributed by atoms with Crippen molar-refractivity contribution in [3.05, 3.63) is 23.0 Å². The molecule has 0 saturated carbocycles. The molecule has 2 heterocycles. The third kappa shape index (κ3) is 3.07. The van der Waals surface area contributed by atoms with Crippen molar-refractivity contribution < 1.29 is 4.79 Å². The standard InChI is InChI=1S/C15H25N3O/c1-4-13-10-18(7-6-16-13)14(5-8-19)15-11(2)9-17-12(15)3/h8-9,13-14,16-17H,4-7,10H2,1-3H3. The van der Waals surface area contributed by atoms with Crippen LogP contribution in [0, 0.1) is 13.8 Å². The summed E-state index contributed by atoms with van der Waals surface area (Å²) in [6.07, 6.45) is 4.81. The smallest absolute Gasteiger partial charge is 0.121 e. The maximum atomic E-state index is 11.1. The number of piperazine rings is 1. The van der Waals surface area contributed by atoms with Crippen LogP contribution >= 0.6 is 0 Å². The normalized spacial score (nSPS) is 22.4. The predicted molar refractivity (Wildman–Crippen MR) is 77.3 cm³/mol. The zero-order valence-corrected chi connectivity index (χ0v) is 12.2. The van der Waals surface area contributed by atoms with Crippen LogP contribution in [0.4, 0.5) is 0 Å². The Bertz CT molecular complexity index is 408. The maximum absolute atomic E-state index is 11.1. The minimum Gasteiger partial charge on any atom is -0.365 e. The highest BCUT2D eigenvalue weighted by molar-refractivity contribution is 5.52. The highest BCUT2D eigenvalue weighted by Gasteiger charge is 2.28. The number of carbonyl (C=O) groups is 1. The van der Waals surface area contributed by atoms with Gasteiger partial charge in [-0.3, -0.25) is 4.90 Å². The van der Waals surface area contributed by atoms with Crippen molar-refractivity contribution in [2.45, 2.75) is 45.7 Å². The molecule has 0 aliphatic carbocycles. The summed E-state index contributed by atoms with van der Waals surface area (Å²) in [6.45, 7) is 9.48. The Hall–Kier alpha value is -1.13. The van der Waals surface area contributed by atoms with E-state index in [4.69, 9.17) is 0 Å². The lowest BCUT2D eigenvalue weighted by molar-refractivity contribution is -0.109. The third-order valence-electron chi connectivity index (χ3n) is 4.21. The van der Waals surface area contributed by atoms with E-state index < -0.39 is 0 Å². The Kier molecular flexibility index (Phi) is 4.77. The molecule has 2 N–H and O–H groups in total. The van der Waals surface area contributed by atoms with Gasteiger partial charge in [0.15, 0.2) is 0 Å². The zero-order valence-electron chi connectivity index (χ0n) is 12.2. The first-order valence-electron chi connectivity index (χ1n) is 7.22. The molecule has 106 valence electrons. The fraction of sp³-hybridized carbons (Fsp3) is 0.667. The summed E-state index contributed by atoms with van der Waals surface area (Å²) in [5.41, 5.74) is 3.76. The second-order valence-electron chi connectivity index (χ2n) is 5.48. The number of H-pyrrole nitrogens is 1. The van der Waals surface area contributed by atoms with Gasteiger partial charge in [-0.1, -0.05) is 6.92 Å². The molecule has 2 rings (SSSR count). The molecule has 19 heavy (non-hydrogen) atoms. The molecule has 2 atom stereocenters. The van der Waals surface area contributed by atoms with Crippen molar-refractivity contribution >= 4 is 6.29 Å². The Morgan fingerprint density at radius 3 is 2.89 bits per heavy atom. The summed E-state index contributed by atoms with van der Waals surface area (Å²) in [5, 5.41) is 3.53. The first kappa shape index (κ1) is 14.3. The molecule has 0 amide bonds. The fourth-order valence-electron chi connectivity index (χ4n) is 3.13. The minimum atomic E-state index is 0.222. The van der Waals surface area contributed by atoms with Crippen molar-refractivity contribution in [2.24, 2.45) is 0 Å². The number of nitrogens with zero attached hydrogens (tertiary/aromatic N) is 1. The average molecular weight is 263 g/mol. The van der Waals surface area contributed by atoms with Crippen LogP contribution in [0.5, 0.6) is 0 Å². The van der Waals surface area contributed by atoms with E-state index in [1.807, 2.05) is 6.20 Å². The Morgan fingerprint density at radius 1 is 1.53 bits per heavy atom. The van der Waals surface area contributed by atoms with Crippen LogP contribution in [-0.4, -0.2) is 41.8 Å². The van der Waals surface area contributed by atoms with Crippen molar-refractivity contribution in [1.29, 1.82) is 0 Å². The zero-order chi connectivity index (χ0) is 13.8. The van der Waals surface area contributed by atoms with Gasteiger partial charge in [0.25, 0.3) is 0 Å². The molecule has 0 radical (unpaired) electrons. The van der Waals surface area contributed by atoms with E-state index in [-0.39, 0.29) is 6.04 Å². The number of hydrogen-bond donors (Lipinski definition) is 2. The quantitative estimate of drug-likeness (QED) is 0.798. The Labute approximate surface area is 115 Å². The van der Waals surface area contributed by atoms with Gasteiger partial charge in [0, 0.05) is 50.0 Å². The molecule has 1 aromatic heterocycles. The van der Waals surface area contributed by atoms with Crippen LogP contribution in [0.2, 0.25) is 0 Å². The molecule has 1 aliphatic heterocycles. The van der Waals surface area contributed by atoms with Crippen molar-refractivity contribution in [3.63, 3.8) is 0 Å². The third-order valence-corrected chi connectivity index (χ3v) is 4.21. The van der Waals surface area contributed by atoms with Crippen LogP contribution < -0.4 is 5.32 Å². The number of rotatable bonds is 5. The number of nitrogens with one attached hydrogen (secondary N) is 2. The molecular weight excluding hydrogens is 238 g/mol. The molecule has 1 aliphatic rings. The number of carbonyl (C=O) groups excluding carboxylic acids is 1. The average Bonchev–Trinajstić information content (AvgIpc) is 2.76. The Balaban J connectivity index is 2.22. The lowest BCUT2D eigenvalue weighted by Crippen LogP contribution is -2.51. The molecule has 2 unspecified atom stereocenters. The first-order chi connectivity index (χ1) is 9.17. The van der Waals surface area contributed by atoms with E-state index in [0.717, 1.165) is 32.3 Å². The summed E-state index contributed by atoms with van der Waals surface area (Å²) in [5.74, 6) is 0. The van der Waals surface area contributed by atoms with Gasteiger partial charge >= 0.3 is 0 Å². The molecule has 0 spiro atoms. The summed E-state index contributed by atoms with van der Waals surface area (Å²) in [6, 6.07) is 0.766. The van der Waals surface area contributed by atoms with Gasteiger partial charge < -0.3 is 15.1 Å². The van der Waals surface area contributed by atoms with Gasteiger partial charge in [-0.25, -0.2) is 0 Å². The van der Waals surface area contributed by atoms with E-state index in [1.54, 1.807) is 0 Å². The van der Waals surface area contributed by atoms with Gasteiger partial charge in [0.05, 0.1) is 0 Å². The van der Waals surface area contributed by atoms with Crippen molar-refractivity contribution in [1.82, 2.24) is 15.2 Å². The number of aromatic nitrogens is 1. The van der Waals surface area contributed by atoms with Crippen molar-refractivity contribution in [2.75, 3.05) is 19.6 Å². The molecule has 0 aromatic carbocycles. The molecule has 4 heteroatoms. The number of hydrogen-bond acceptors (Lipinski definition) is 3. The highest BCUT2D eigenvalue weighted by atomic mass is 16.1. The maximum Gasteiger partial charge on any atom is 0.121 e. The Morgan fingerprint density at radius 2 is 2.32 bits per heavy atom. The minimum absolute atomic E-state index is 0.222. The van der Waals surface area contributed by atoms with E-state index in [0.29, 0.717) is 12.5 Å². The van der Waals surface area contributed by atoms with Gasteiger partial charge in [0.1, 0.15) is 6.29 Å². The summed E-state index contributed by atoms with van der Waals surface area (Å²) < 4.78 is 0. The number of aldehydes is 1. The van der Waals surface area contributed by atoms with Gasteiger partial charge in [-0.2, -0.15) is 0 Å². The van der Waals surface area contributed by atoms with Gasteiger partial charge in [0.2, 0.25) is 0 Å². The van der Waals surface area contributed by atoms with Crippen LogP contribution in [0.15, 0.2) is 6.20 Å². The topological polar surface area (TPSA) is 48.1 Å². The van der Waals surface area contributed by atoms with Crippen LogP contribution in [0.25, 0.3) is 0 Å². The van der Waals surface area contributed by atoms with Gasteiger partial charge in [-0.05, 0) is 31.4 Å². The van der Waals surface area contributed by atoms with Crippen LogP contribution in [-0.2, 0) is 4.79 Å². The molecule has 1 aromatic rings. The summed E-state index contributed by atoms with van der Waals surface area (Å²) in [7, 11) is 0. The lowest BCUT2D eigenvalue weighted by atomic mass is 9.97. The van der Waals surface area contributed by atoms with E-state index >= 15 is 0 Å². The van der Waals surface area contributed by atoms with E-state index in [9.17, 15) is 4.79 Å². The first-order valence-corrected chi connectivity index (χ1v) is 7.22. The highest BCUT2D eigenvalue weighted by Crippen LogP contribution is 2.30. The van der Waals surface area contributed by atoms with Crippen LogP contribution in [0.3, 0.4) is 0 Å². The number of aryl methyl sites for hydroxylation is 2. The van der Waals surface area contributed by atoms with Crippen molar-refractivity contribution in [3.8, 4) is 0 Å². The SMILES string of the molecule is CCC1CN(C(CC=O)c2c(C)c[nH]c2C)CCN1. The lowest BCUT2D eigenvalue weighted by Gasteiger charge is -2.38. The van der Waals surface area contributed by atoms with Gasteiger partial charge in [-0.15, -0.1) is 0 Å². The number of aromatic amines is 1. The molecule has 1 saturated heterocycles. The second-order valence-corrected chi connectivity index (χ2v) is 5.48. The van der Waals surface area contributed by atoms with Crippen LogP contribution in [0.1, 0.15) is 42.6 Å². The largest absolute Gasteiger partial charge is 0.365 e. The van der Waals surface area contributed by atoms with E-state index in [2.05, 4.69) is 36.0 Å². The molecule has 1 fully saturated rings. The predicted octanol–water partition coefficient (Wildman–Crippen LogP) is 1.95. The molecule has 0 bridgehead atoms. The summed E-state index contributed by atoms with van der Waals surface area (Å²) >= 11 is 0. The molecule has 4 nitrogen and oxygen atoms in total. The monoisotopic (exact) mass is 263 g/mol. The molecular formula is C15H25N3O.